The zero-order chi connectivity index (χ0) is 28.8. The summed E-state index contributed by atoms with van der Waals surface area (Å²) in [4.78, 5) is 19.2. The van der Waals surface area contributed by atoms with Crippen LogP contribution in [0.2, 0.25) is 0 Å². The molecule has 1 aliphatic rings. The van der Waals surface area contributed by atoms with Crippen LogP contribution in [0, 0.1) is 6.92 Å². The van der Waals surface area contributed by atoms with Crippen molar-refractivity contribution in [2.45, 2.75) is 42.2 Å². The molecule has 0 radical (unpaired) electrons. The molecule has 216 valence electrons. The number of carbonyl (C=O) groups is 1. The van der Waals surface area contributed by atoms with Crippen molar-refractivity contribution < 1.29 is 32.4 Å². The minimum absolute atomic E-state index is 0.00424. The summed E-state index contributed by atoms with van der Waals surface area (Å²) in [6.07, 6.45) is 1.25. The fourth-order valence-corrected chi connectivity index (χ4v) is 7.21. The Bertz CT molecular complexity index is 1400. The summed E-state index contributed by atoms with van der Waals surface area (Å²) < 4.78 is 42.7. The number of likely N-dealkylation sites (tertiary alicyclic amines) is 1. The van der Waals surface area contributed by atoms with E-state index in [4.69, 9.17) is 14.0 Å². The summed E-state index contributed by atoms with van der Waals surface area (Å²) in [5.41, 5.74) is 3.51. The predicted octanol–water partition coefficient (Wildman–Crippen LogP) is 3.58. The Hall–Kier alpha value is -2.84. The molecule has 0 spiro atoms. The number of aryl methyl sites for hydroxylation is 2. The second kappa shape index (κ2) is 13.2. The number of benzene rings is 2. The van der Waals surface area contributed by atoms with E-state index in [-0.39, 0.29) is 17.7 Å². The maximum absolute atomic E-state index is 13.6. The van der Waals surface area contributed by atoms with Gasteiger partial charge in [0.2, 0.25) is 11.7 Å². The topological polar surface area (TPSA) is 144 Å². The second-order valence-corrected chi connectivity index (χ2v) is 12.8. The van der Waals surface area contributed by atoms with Gasteiger partial charge in [0.1, 0.15) is 5.75 Å². The minimum Gasteiger partial charge on any atom is -0.494 e. The number of aromatic nitrogens is 2. The Morgan fingerprint density at radius 2 is 1.90 bits per heavy atom. The molecule has 13 heteroatoms. The van der Waals surface area contributed by atoms with E-state index in [0.717, 1.165) is 15.6 Å². The van der Waals surface area contributed by atoms with Gasteiger partial charge in [-0.15, -0.1) is 0 Å². The smallest absolute Gasteiger partial charge is 0.265 e. The van der Waals surface area contributed by atoms with Gasteiger partial charge in [0.25, 0.3) is 5.91 Å². The van der Waals surface area contributed by atoms with Gasteiger partial charge in [0.05, 0.1) is 18.1 Å². The molecule has 4 rings (SSSR count). The molecule has 3 aromatic rings. The van der Waals surface area contributed by atoms with E-state index in [1.54, 1.807) is 24.7 Å². The molecule has 11 nitrogen and oxygen atoms in total. The number of sulfone groups is 1. The average Bonchev–Trinajstić information content (AvgIpc) is 3.42. The first kappa shape index (κ1) is 30.1. The van der Waals surface area contributed by atoms with Crippen molar-refractivity contribution in [1.82, 2.24) is 20.5 Å². The SMILES string of the molecule is COCCN1CCC(C(=O)NO)(S(=O)(=O)c2ccc(OCCCc3nc(-c4ccc(Br)cc4C)no3)cc2)CC1. The van der Waals surface area contributed by atoms with E-state index in [9.17, 15) is 18.4 Å². The molecular weight excluding hydrogens is 604 g/mol. The van der Waals surface area contributed by atoms with Gasteiger partial charge in [-0.3, -0.25) is 10.0 Å². The van der Waals surface area contributed by atoms with Gasteiger partial charge in [-0.05, 0) is 74.2 Å². The molecule has 1 aromatic heterocycles. The zero-order valence-electron chi connectivity index (χ0n) is 22.4. The van der Waals surface area contributed by atoms with Gasteiger partial charge in [-0.2, -0.15) is 4.98 Å². The molecule has 40 heavy (non-hydrogen) atoms. The highest BCUT2D eigenvalue weighted by atomic mass is 79.9. The van der Waals surface area contributed by atoms with Gasteiger partial charge in [0, 0.05) is 43.2 Å². The highest BCUT2D eigenvalue weighted by molar-refractivity contribution is 9.10. The van der Waals surface area contributed by atoms with Crippen LogP contribution in [0.25, 0.3) is 11.4 Å². The fraction of sp³-hybridized carbons (Fsp3) is 0.444. The van der Waals surface area contributed by atoms with E-state index in [1.807, 2.05) is 30.0 Å². The lowest BCUT2D eigenvalue weighted by Gasteiger charge is -2.39. The molecule has 0 bridgehead atoms. The standard InChI is InChI=1S/C27H33BrN4O7S/c1-19-18-20(28)5-10-23(19)25-29-24(39-31-25)4-3-16-38-21-6-8-22(9-7-21)40(35,36)27(26(33)30-34)11-13-32(14-12-27)15-17-37-2/h5-10,18,34H,3-4,11-17H2,1-2H3,(H,30,33). The second-order valence-electron chi connectivity index (χ2n) is 9.67. The number of amides is 1. The van der Waals surface area contributed by atoms with Crippen molar-refractivity contribution >= 4 is 31.7 Å². The lowest BCUT2D eigenvalue weighted by atomic mass is 9.95. The van der Waals surface area contributed by atoms with E-state index in [2.05, 4.69) is 26.1 Å². The summed E-state index contributed by atoms with van der Waals surface area (Å²) in [6, 6.07) is 11.8. The lowest BCUT2D eigenvalue weighted by molar-refractivity contribution is -0.133. The van der Waals surface area contributed by atoms with E-state index in [1.165, 1.54) is 12.1 Å². The summed E-state index contributed by atoms with van der Waals surface area (Å²) in [7, 11) is -2.50. The predicted molar refractivity (Wildman–Crippen MR) is 150 cm³/mol. The highest BCUT2D eigenvalue weighted by Crippen LogP contribution is 2.36. The van der Waals surface area contributed by atoms with Crippen molar-refractivity contribution in [3.8, 4) is 17.1 Å². The summed E-state index contributed by atoms with van der Waals surface area (Å²) in [6.45, 7) is 4.26. The maximum Gasteiger partial charge on any atom is 0.265 e. The van der Waals surface area contributed by atoms with Crippen molar-refractivity contribution in [2.75, 3.05) is 40.0 Å². The third kappa shape index (κ3) is 6.55. The van der Waals surface area contributed by atoms with Crippen LogP contribution in [-0.2, 0) is 25.8 Å². The number of rotatable bonds is 12. The summed E-state index contributed by atoms with van der Waals surface area (Å²) >= 11 is 3.45. The number of piperidine rings is 1. The number of halogens is 1. The third-order valence-electron chi connectivity index (χ3n) is 7.14. The molecule has 1 aliphatic heterocycles. The number of methoxy groups -OCH3 is 1. The number of ether oxygens (including phenoxy) is 2. The number of nitrogens with one attached hydrogen (secondary N) is 1. The number of hydrogen-bond donors (Lipinski definition) is 2. The molecule has 0 saturated carbocycles. The fourth-order valence-electron chi connectivity index (χ4n) is 4.78. The van der Waals surface area contributed by atoms with Crippen LogP contribution in [0.4, 0.5) is 0 Å². The summed E-state index contributed by atoms with van der Waals surface area (Å²) in [5, 5.41) is 13.4. The Labute approximate surface area is 241 Å². The Balaban J connectivity index is 1.34. The van der Waals surface area contributed by atoms with Crippen LogP contribution in [0.15, 0.2) is 56.4 Å². The number of hydrogen-bond acceptors (Lipinski definition) is 10. The average molecular weight is 638 g/mol. The summed E-state index contributed by atoms with van der Waals surface area (Å²) in [5.74, 6) is 0.610. The van der Waals surface area contributed by atoms with E-state index >= 15 is 0 Å². The van der Waals surface area contributed by atoms with Crippen LogP contribution in [-0.4, -0.2) is 79.3 Å². The molecular formula is C27H33BrN4O7S. The van der Waals surface area contributed by atoms with Crippen LogP contribution >= 0.6 is 15.9 Å². The maximum atomic E-state index is 13.6. The molecule has 1 amide bonds. The largest absolute Gasteiger partial charge is 0.494 e. The Morgan fingerprint density at radius 3 is 2.55 bits per heavy atom. The third-order valence-corrected chi connectivity index (χ3v) is 10.1. The van der Waals surface area contributed by atoms with Crippen molar-refractivity contribution in [3.63, 3.8) is 0 Å². The monoisotopic (exact) mass is 636 g/mol. The molecule has 1 fully saturated rings. The van der Waals surface area contributed by atoms with Gasteiger partial charge in [-0.1, -0.05) is 21.1 Å². The normalized spacial score (nSPS) is 15.6. The first-order valence-electron chi connectivity index (χ1n) is 12.9. The highest BCUT2D eigenvalue weighted by Gasteiger charge is 2.52. The molecule has 0 unspecified atom stereocenters. The first-order valence-corrected chi connectivity index (χ1v) is 15.2. The molecule has 2 N–H and O–H groups in total. The molecule has 0 aliphatic carbocycles. The number of nitrogens with zero attached hydrogens (tertiary/aromatic N) is 3. The van der Waals surface area contributed by atoms with Crippen molar-refractivity contribution in [2.24, 2.45) is 0 Å². The Kier molecular flexibility index (Phi) is 9.95. The molecule has 2 heterocycles. The van der Waals surface area contributed by atoms with Gasteiger partial charge in [0.15, 0.2) is 14.6 Å². The first-order chi connectivity index (χ1) is 19.2. The molecule has 1 saturated heterocycles. The van der Waals surface area contributed by atoms with Crippen LogP contribution in [0.5, 0.6) is 5.75 Å². The van der Waals surface area contributed by atoms with Crippen LogP contribution in [0.1, 0.15) is 30.7 Å². The number of carbonyl (C=O) groups excluding carboxylic acids is 1. The Morgan fingerprint density at radius 1 is 1.18 bits per heavy atom. The molecule has 0 atom stereocenters. The van der Waals surface area contributed by atoms with Gasteiger partial charge < -0.3 is 18.9 Å². The van der Waals surface area contributed by atoms with Crippen molar-refractivity contribution in [3.05, 3.63) is 58.4 Å². The van der Waals surface area contributed by atoms with Gasteiger partial charge >= 0.3 is 0 Å². The zero-order valence-corrected chi connectivity index (χ0v) is 24.8. The quantitative estimate of drug-likeness (QED) is 0.172. The van der Waals surface area contributed by atoms with E-state index in [0.29, 0.717) is 63.2 Å². The van der Waals surface area contributed by atoms with Crippen LogP contribution < -0.4 is 10.2 Å². The van der Waals surface area contributed by atoms with Crippen LogP contribution in [0.3, 0.4) is 0 Å². The molecule has 2 aromatic carbocycles. The van der Waals surface area contributed by atoms with Gasteiger partial charge in [-0.25, -0.2) is 13.9 Å². The lowest BCUT2D eigenvalue weighted by Crippen LogP contribution is -2.57. The van der Waals surface area contributed by atoms with Crippen molar-refractivity contribution in [1.29, 1.82) is 0 Å². The minimum atomic E-state index is -4.10. The van der Waals surface area contributed by atoms with E-state index < -0.39 is 20.5 Å². The number of hydroxylamine groups is 1.